The van der Waals surface area contributed by atoms with Crippen molar-refractivity contribution >= 4 is 5.78 Å². The standard InChI is InChI=1S/C13H21N3O/c1-2-7-16-8-6-15-12(16)11(17)9-13(10-14)4-3-5-13/h6,8H,2-5,7,9-10,14H2,1H3. The highest BCUT2D eigenvalue weighted by molar-refractivity contribution is 5.93. The van der Waals surface area contributed by atoms with Crippen LogP contribution >= 0.6 is 0 Å². The van der Waals surface area contributed by atoms with E-state index in [9.17, 15) is 4.79 Å². The van der Waals surface area contributed by atoms with Crippen LogP contribution in [0.5, 0.6) is 0 Å². The highest BCUT2D eigenvalue weighted by atomic mass is 16.1. The van der Waals surface area contributed by atoms with E-state index in [0.29, 0.717) is 18.8 Å². The normalized spacial score (nSPS) is 17.8. The first-order chi connectivity index (χ1) is 8.21. The SMILES string of the molecule is CCCn1ccnc1C(=O)CC1(CN)CCC1. The van der Waals surface area contributed by atoms with Gasteiger partial charge in [0.15, 0.2) is 11.6 Å². The molecule has 2 rings (SSSR count). The molecular formula is C13H21N3O. The molecule has 0 amide bonds. The van der Waals surface area contributed by atoms with E-state index in [1.807, 2.05) is 10.8 Å². The molecule has 1 fully saturated rings. The molecule has 1 aliphatic rings. The maximum absolute atomic E-state index is 12.2. The molecular weight excluding hydrogens is 214 g/mol. The minimum absolute atomic E-state index is 0.0695. The fourth-order valence-electron chi connectivity index (χ4n) is 2.53. The second-order valence-electron chi connectivity index (χ2n) is 5.10. The number of hydrogen-bond acceptors (Lipinski definition) is 3. The van der Waals surface area contributed by atoms with E-state index in [0.717, 1.165) is 25.8 Å². The zero-order valence-corrected chi connectivity index (χ0v) is 10.5. The third-order valence-electron chi connectivity index (χ3n) is 3.81. The van der Waals surface area contributed by atoms with Crippen molar-refractivity contribution in [3.8, 4) is 0 Å². The van der Waals surface area contributed by atoms with E-state index in [-0.39, 0.29) is 11.2 Å². The summed E-state index contributed by atoms with van der Waals surface area (Å²) in [6.07, 6.45) is 8.54. The lowest BCUT2D eigenvalue weighted by atomic mass is 9.66. The summed E-state index contributed by atoms with van der Waals surface area (Å²) in [6, 6.07) is 0. The van der Waals surface area contributed by atoms with Gasteiger partial charge < -0.3 is 10.3 Å². The first kappa shape index (κ1) is 12.3. The van der Waals surface area contributed by atoms with E-state index in [1.165, 1.54) is 6.42 Å². The molecule has 0 saturated heterocycles. The second kappa shape index (κ2) is 5.00. The summed E-state index contributed by atoms with van der Waals surface area (Å²) in [5.41, 5.74) is 5.86. The molecule has 1 aliphatic carbocycles. The lowest BCUT2D eigenvalue weighted by Gasteiger charge is -2.40. The summed E-state index contributed by atoms with van der Waals surface area (Å²) in [4.78, 5) is 16.4. The topological polar surface area (TPSA) is 60.9 Å². The lowest BCUT2D eigenvalue weighted by molar-refractivity contribution is 0.0772. The van der Waals surface area contributed by atoms with Crippen LogP contribution < -0.4 is 5.73 Å². The van der Waals surface area contributed by atoms with Crippen molar-refractivity contribution in [1.29, 1.82) is 0 Å². The van der Waals surface area contributed by atoms with Crippen molar-refractivity contribution in [2.75, 3.05) is 6.54 Å². The Bertz CT molecular complexity index is 388. The van der Waals surface area contributed by atoms with Crippen LogP contribution in [0.3, 0.4) is 0 Å². The van der Waals surface area contributed by atoms with Crippen LogP contribution in [0.2, 0.25) is 0 Å². The molecule has 2 N–H and O–H groups in total. The van der Waals surface area contributed by atoms with Gasteiger partial charge in [-0.3, -0.25) is 4.79 Å². The number of ketones is 1. The van der Waals surface area contributed by atoms with E-state index in [4.69, 9.17) is 5.73 Å². The van der Waals surface area contributed by atoms with E-state index < -0.39 is 0 Å². The monoisotopic (exact) mass is 235 g/mol. The van der Waals surface area contributed by atoms with Gasteiger partial charge in [-0.2, -0.15) is 0 Å². The molecule has 17 heavy (non-hydrogen) atoms. The van der Waals surface area contributed by atoms with Gasteiger partial charge in [-0.25, -0.2) is 4.98 Å². The molecule has 0 spiro atoms. The Hall–Kier alpha value is -1.16. The second-order valence-corrected chi connectivity index (χ2v) is 5.10. The van der Waals surface area contributed by atoms with Gasteiger partial charge in [-0.1, -0.05) is 13.3 Å². The van der Waals surface area contributed by atoms with Gasteiger partial charge in [0.1, 0.15) is 0 Å². The van der Waals surface area contributed by atoms with Crippen LogP contribution in [0.25, 0.3) is 0 Å². The Morgan fingerprint density at radius 1 is 1.59 bits per heavy atom. The number of aromatic nitrogens is 2. The number of rotatable bonds is 6. The maximum Gasteiger partial charge on any atom is 0.198 e. The van der Waals surface area contributed by atoms with Crippen LogP contribution in [0.15, 0.2) is 12.4 Å². The van der Waals surface area contributed by atoms with Gasteiger partial charge in [0.25, 0.3) is 0 Å². The molecule has 0 aliphatic heterocycles. The zero-order chi connectivity index (χ0) is 12.3. The highest BCUT2D eigenvalue weighted by Gasteiger charge is 2.38. The highest BCUT2D eigenvalue weighted by Crippen LogP contribution is 2.43. The Morgan fingerprint density at radius 3 is 2.88 bits per heavy atom. The third-order valence-corrected chi connectivity index (χ3v) is 3.81. The summed E-state index contributed by atoms with van der Waals surface area (Å²) in [5.74, 6) is 0.750. The summed E-state index contributed by atoms with van der Waals surface area (Å²) >= 11 is 0. The smallest absolute Gasteiger partial charge is 0.198 e. The lowest BCUT2D eigenvalue weighted by Crippen LogP contribution is -2.39. The minimum atomic E-state index is 0.0695. The predicted octanol–water partition coefficient (Wildman–Crippen LogP) is 1.99. The number of carbonyl (C=O) groups is 1. The number of Topliss-reactive ketones (excluding diaryl/α,β-unsaturated/α-hetero) is 1. The van der Waals surface area contributed by atoms with Crippen LogP contribution in [0.4, 0.5) is 0 Å². The number of imidazole rings is 1. The molecule has 94 valence electrons. The molecule has 4 heteroatoms. The fourth-order valence-corrected chi connectivity index (χ4v) is 2.53. The van der Waals surface area contributed by atoms with Crippen molar-refractivity contribution in [3.05, 3.63) is 18.2 Å². The van der Waals surface area contributed by atoms with Crippen LogP contribution in [0, 0.1) is 5.41 Å². The Morgan fingerprint density at radius 2 is 2.35 bits per heavy atom. The summed E-state index contributed by atoms with van der Waals surface area (Å²) in [7, 11) is 0. The van der Waals surface area contributed by atoms with E-state index >= 15 is 0 Å². The van der Waals surface area contributed by atoms with Gasteiger partial charge in [0.05, 0.1) is 0 Å². The summed E-state index contributed by atoms with van der Waals surface area (Å²) in [6.45, 7) is 3.57. The molecule has 1 aromatic heterocycles. The van der Waals surface area contributed by atoms with Gasteiger partial charge >= 0.3 is 0 Å². The summed E-state index contributed by atoms with van der Waals surface area (Å²) in [5, 5.41) is 0. The summed E-state index contributed by atoms with van der Waals surface area (Å²) < 4.78 is 1.95. The van der Waals surface area contributed by atoms with E-state index in [1.54, 1.807) is 6.20 Å². The number of aryl methyl sites for hydroxylation is 1. The Balaban J connectivity index is 2.06. The predicted molar refractivity (Wildman–Crippen MR) is 66.8 cm³/mol. The molecule has 1 heterocycles. The van der Waals surface area contributed by atoms with Gasteiger partial charge in [0.2, 0.25) is 0 Å². The molecule has 4 nitrogen and oxygen atoms in total. The number of nitrogens with two attached hydrogens (primary N) is 1. The first-order valence-electron chi connectivity index (χ1n) is 6.45. The fraction of sp³-hybridized carbons (Fsp3) is 0.692. The molecule has 0 atom stereocenters. The Labute approximate surface area is 102 Å². The number of carbonyl (C=O) groups excluding carboxylic acids is 1. The molecule has 1 saturated carbocycles. The molecule has 1 aromatic rings. The first-order valence-corrected chi connectivity index (χ1v) is 6.45. The van der Waals surface area contributed by atoms with Crippen LogP contribution in [-0.2, 0) is 6.54 Å². The van der Waals surface area contributed by atoms with Crippen molar-refractivity contribution in [1.82, 2.24) is 9.55 Å². The van der Waals surface area contributed by atoms with Crippen LogP contribution in [0.1, 0.15) is 49.6 Å². The van der Waals surface area contributed by atoms with Crippen molar-refractivity contribution in [2.45, 2.75) is 45.6 Å². The average Bonchev–Trinajstić information content (AvgIpc) is 2.72. The zero-order valence-electron chi connectivity index (χ0n) is 10.5. The molecule has 0 bridgehead atoms. The molecule has 0 aromatic carbocycles. The quantitative estimate of drug-likeness (QED) is 0.767. The average molecular weight is 235 g/mol. The van der Waals surface area contributed by atoms with Gasteiger partial charge in [0, 0.05) is 25.4 Å². The number of hydrogen-bond donors (Lipinski definition) is 1. The van der Waals surface area contributed by atoms with E-state index in [2.05, 4.69) is 11.9 Å². The largest absolute Gasteiger partial charge is 0.330 e. The Kier molecular flexibility index (Phi) is 3.62. The van der Waals surface area contributed by atoms with Crippen LogP contribution in [-0.4, -0.2) is 21.9 Å². The van der Waals surface area contributed by atoms with Gasteiger partial charge in [-0.05, 0) is 31.2 Å². The van der Waals surface area contributed by atoms with Gasteiger partial charge in [-0.15, -0.1) is 0 Å². The van der Waals surface area contributed by atoms with Crippen molar-refractivity contribution < 1.29 is 4.79 Å². The minimum Gasteiger partial charge on any atom is -0.330 e. The van der Waals surface area contributed by atoms with Crippen molar-refractivity contribution in [2.24, 2.45) is 11.1 Å². The number of nitrogens with zero attached hydrogens (tertiary/aromatic N) is 2. The molecule has 0 unspecified atom stereocenters. The third kappa shape index (κ3) is 2.41. The van der Waals surface area contributed by atoms with Crippen molar-refractivity contribution in [3.63, 3.8) is 0 Å². The molecule has 0 radical (unpaired) electrons. The maximum atomic E-state index is 12.2.